The van der Waals surface area contributed by atoms with Crippen molar-refractivity contribution in [3.05, 3.63) is 63.2 Å². The van der Waals surface area contributed by atoms with E-state index in [4.69, 9.17) is 4.98 Å². The number of nitrogens with zero attached hydrogens (tertiary/aromatic N) is 3. The van der Waals surface area contributed by atoms with Gasteiger partial charge in [-0.1, -0.05) is 26.0 Å². The number of aromatic amines is 1. The van der Waals surface area contributed by atoms with Gasteiger partial charge in [0.25, 0.3) is 5.56 Å². The van der Waals surface area contributed by atoms with Crippen LogP contribution in [0.4, 0.5) is 0 Å². The summed E-state index contributed by atoms with van der Waals surface area (Å²) >= 11 is 0. The summed E-state index contributed by atoms with van der Waals surface area (Å²) in [5, 5.41) is 0. The number of benzene rings is 1. The van der Waals surface area contributed by atoms with E-state index in [1.807, 2.05) is 18.2 Å². The number of hydrogen-bond donors (Lipinski definition) is 1. The molecule has 0 saturated carbocycles. The van der Waals surface area contributed by atoms with Crippen LogP contribution in [0, 0.1) is 5.92 Å². The maximum absolute atomic E-state index is 11.8. The Bertz CT molecular complexity index is 933. The second-order valence-corrected chi connectivity index (χ2v) is 6.07. The van der Waals surface area contributed by atoms with Crippen molar-refractivity contribution in [3.8, 4) is 0 Å². The van der Waals surface area contributed by atoms with Gasteiger partial charge in [-0.3, -0.25) is 9.78 Å². The van der Waals surface area contributed by atoms with Crippen molar-refractivity contribution >= 4 is 11.0 Å². The van der Waals surface area contributed by atoms with Gasteiger partial charge in [0.05, 0.1) is 11.0 Å². The van der Waals surface area contributed by atoms with Crippen molar-refractivity contribution in [1.82, 2.24) is 19.1 Å². The Labute approximate surface area is 133 Å². The molecule has 0 unspecified atom stereocenters. The van der Waals surface area contributed by atoms with Gasteiger partial charge in [0.15, 0.2) is 0 Å². The van der Waals surface area contributed by atoms with Gasteiger partial charge in [-0.15, -0.1) is 0 Å². The zero-order chi connectivity index (χ0) is 16.4. The molecule has 3 aromatic rings. The molecule has 2 heterocycles. The summed E-state index contributed by atoms with van der Waals surface area (Å²) in [5.74, 6) is 1.46. The van der Waals surface area contributed by atoms with Crippen LogP contribution in [0.5, 0.6) is 0 Å². The molecule has 120 valence electrons. The van der Waals surface area contributed by atoms with Gasteiger partial charge in [-0.05, 0) is 18.1 Å². The first-order chi connectivity index (χ1) is 11.0. The third-order valence-corrected chi connectivity index (χ3v) is 3.75. The zero-order valence-corrected chi connectivity index (χ0v) is 13.3. The summed E-state index contributed by atoms with van der Waals surface area (Å²) in [4.78, 5) is 29.9. The fraction of sp³-hybridized carbons (Fsp3) is 0.353. The van der Waals surface area contributed by atoms with Gasteiger partial charge in [-0.2, -0.15) is 0 Å². The Hall–Kier alpha value is -2.63. The van der Waals surface area contributed by atoms with Crippen LogP contribution in [0.25, 0.3) is 11.0 Å². The monoisotopic (exact) mass is 312 g/mol. The van der Waals surface area contributed by atoms with Crippen LogP contribution in [0.2, 0.25) is 0 Å². The van der Waals surface area contributed by atoms with E-state index >= 15 is 0 Å². The van der Waals surface area contributed by atoms with Crippen molar-refractivity contribution in [2.24, 2.45) is 5.92 Å². The Morgan fingerprint density at radius 1 is 1.17 bits per heavy atom. The van der Waals surface area contributed by atoms with Gasteiger partial charge in [-0.25, -0.2) is 9.78 Å². The van der Waals surface area contributed by atoms with Crippen LogP contribution in [0.3, 0.4) is 0 Å². The molecule has 6 nitrogen and oxygen atoms in total. The molecule has 1 aromatic carbocycles. The lowest BCUT2D eigenvalue weighted by atomic mass is 10.2. The number of para-hydroxylation sites is 2. The number of rotatable bonds is 5. The third-order valence-electron chi connectivity index (χ3n) is 3.75. The standard InChI is InChI=1S/C17H20N4O2/c1-12(2)11-21-14-6-4-3-5-13(14)18-15(21)7-9-20-10-8-16(22)19-17(20)23/h3-6,8,10,12H,7,9,11H2,1-2H3,(H,19,22,23). The lowest BCUT2D eigenvalue weighted by Gasteiger charge is -2.12. The van der Waals surface area contributed by atoms with Gasteiger partial charge < -0.3 is 9.13 Å². The highest BCUT2D eigenvalue weighted by molar-refractivity contribution is 5.75. The van der Waals surface area contributed by atoms with Gasteiger partial charge in [0.1, 0.15) is 5.82 Å². The molecule has 3 rings (SSSR count). The predicted octanol–water partition coefficient (Wildman–Crippen LogP) is 1.78. The minimum Gasteiger partial charge on any atom is -0.328 e. The van der Waals surface area contributed by atoms with E-state index < -0.39 is 0 Å². The first-order valence-electron chi connectivity index (χ1n) is 7.78. The maximum Gasteiger partial charge on any atom is 0.328 e. The average Bonchev–Trinajstić information content (AvgIpc) is 2.84. The fourth-order valence-electron chi connectivity index (χ4n) is 2.73. The van der Waals surface area contributed by atoms with Crippen LogP contribution in [-0.2, 0) is 19.5 Å². The molecule has 0 saturated heterocycles. The molecule has 0 fully saturated rings. The molecule has 0 spiro atoms. The first kappa shape index (κ1) is 15.3. The summed E-state index contributed by atoms with van der Waals surface area (Å²) in [6, 6.07) is 9.42. The summed E-state index contributed by atoms with van der Waals surface area (Å²) in [6.45, 7) is 5.71. The molecule has 0 aliphatic carbocycles. The lowest BCUT2D eigenvalue weighted by Crippen LogP contribution is -2.29. The van der Waals surface area contributed by atoms with Crippen molar-refractivity contribution in [3.63, 3.8) is 0 Å². The minimum absolute atomic E-state index is 0.377. The van der Waals surface area contributed by atoms with Crippen LogP contribution in [-0.4, -0.2) is 19.1 Å². The number of H-pyrrole nitrogens is 1. The Balaban J connectivity index is 1.92. The second-order valence-electron chi connectivity index (χ2n) is 6.07. The summed E-state index contributed by atoms with van der Waals surface area (Å²) < 4.78 is 3.72. The normalized spacial score (nSPS) is 11.4. The van der Waals surface area contributed by atoms with Gasteiger partial charge in [0, 0.05) is 31.8 Å². The number of aryl methyl sites for hydroxylation is 2. The number of fused-ring (bicyclic) bond motifs is 1. The van der Waals surface area contributed by atoms with Crippen LogP contribution in [0.15, 0.2) is 46.1 Å². The molecule has 23 heavy (non-hydrogen) atoms. The predicted molar refractivity (Wildman–Crippen MR) is 89.6 cm³/mol. The zero-order valence-electron chi connectivity index (χ0n) is 13.3. The second kappa shape index (κ2) is 6.24. The maximum atomic E-state index is 11.8. The Kier molecular flexibility index (Phi) is 4.14. The van der Waals surface area contributed by atoms with Crippen molar-refractivity contribution in [1.29, 1.82) is 0 Å². The molecular weight excluding hydrogens is 292 g/mol. The Morgan fingerprint density at radius 3 is 2.70 bits per heavy atom. The van der Waals surface area contributed by atoms with Crippen LogP contribution < -0.4 is 11.2 Å². The first-order valence-corrected chi connectivity index (χ1v) is 7.78. The lowest BCUT2D eigenvalue weighted by molar-refractivity contribution is 0.506. The summed E-state index contributed by atoms with van der Waals surface area (Å²) in [5.41, 5.74) is 1.32. The highest BCUT2D eigenvalue weighted by Crippen LogP contribution is 2.18. The molecule has 6 heteroatoms. The van der Waals surface area contributed by atoms with Crippen molar-refractivity contribution in [2.75, 3.05) is 0 Å². The van der Waals surface area contributed by atoms with E-state index in [9.17, 15) is 9.59 Å². The highest BCUT2D eigenvalue weighted by Gasteiger charge is 2.11. The van der Waals surface area contributed by atoms with Crippen molar-refractivity contribution < 1.29 is 0 Å². The van der Waals surface area contributed by atoms with Gasteiger partial charge in [0.2, 0.25) is 0 Å². The smallest absolute Gasteiger partial charge is 0.328 e. The van der Waals surface area contributed by atoms with Crippen LogP contribution >= 0.6 is 0 Å². The van der Waals surface area contributed by atoms with E-state index in [1.54, 1.807) is 0 Å². The summed E-state index contributed by atoms with van der Waals surface area (Å²) in [6.07, 6.45) is 2.16. The molecule has 0 aliphatic heterocycles. The van der Waals surface area contributed by atoms with E-state index in [2.05, 4.69) is 29.5 Å². The molecule has 0 bridgehead atoms. The number of nitrogens with one attached hydrogen (secondary N) is 1. The number of aromatic nitrogens is 4. The largest absolute Gasteiger partial charge is 0.328 e. The number of imidazole rings is 1. The molecule has 0 atom stereocenters. The minimum atomic E-state index is -0.385. The molecule has 0 amide bonds. The quantitative estimate of drug-likeness (QED) is 0.780. The van der Waals surface area contributed by atoms with E-state index in [-0.39, 0.29) is 11.2 Å². The molecule has 2 aromatic heterocycles. The summed E-state index contributed by atoms with van der Waals surface area (Å²) in [7, 11) is 0. The topological polar surface area (TPSA) is 72.7 Å². The van der Waals surface area contributed by atoms with E-state index in [0.717, 1.165) is 23.4 Å². The van der Waals surface area contributed by atoms with Crippen LogP contribution in [0.1, 0.15) is 19.7 Å². The molecule has 1 N–H and O–H groups in total. The molecule has 0 radical (unpaired) electrons. The van der Waals surface area contributed by atoms with Gasteiger partial charge >= 0.3 is 5.69 Å². The van der Waals surface area contributed by atoms with E-state index in [1.165, 1.54) is 16.8 Å². The SMILES string of the molecule is CC(C)Cn1c(CCn2ccc(=O)[nH]c2=O)nc2ccccc21. The fourth-order valence-corrected chi connectivity index (χ4v) is 2.73. The average molecular weight is 312 g/mol. The molecule has 0 aliphatic rings. The number of hydrogen-bond acceptors (Lipinski definition) is 3. The third kappa shape index (κ3) is 3.26. The van der Waals surface area contributed by atoms with E-state index in [0.29, 0.717) is 18.9 Å². The molecular formula is C17H20N4O2. The highest BCUT2D eigenvalue weighted by atomic mass is 16.2. The van der Waals surface area contributed by atoms with Crippen molar-refractivity contribution in [2.45, 2.75) is 33.4 Å². The Morgan fingerprint density at radius 2 is 1.96 bits per heavy atom.